The fraction of sp³-hybridized carbons (Fsp3) is 0.375. The van der Waals surface area contributed by atoms with Crippen LogP contribution in [0, 0.1) is 0 Å². The number of rotatable bonds is 11. The van der Waals surface area contributed by atoms with E-state index < -0.39 is 5.97 Å². The van der Waals surface area contributed by atoms with Gasteiger partial charge in [-0.15, -0.1) is 21.5 Å². The van der Waals surface area contributed by atoms with Crippen molar-refractivity contribution < 1.29 is 23.9 Å². The van der Waals surface area contributed by atoms with E-state index in [1.54, 1.807) is 30.7 Å². The number of fused-ring (bicyclic) bond motifs is 1. The number of halogens is 2. The minimum atomic E-state index is -0.406. The monoisotopic (exact) mass is 597 g/mol. The Labute approximate surface area is 237 Å². The third kappa shape index (κ3) is 6.79. The summed E-state index contributed by atoms with van der Waals surface area (Å²) in [6, 6.07) is 4.73. The lowest BCUT2D eigenvalue weighted by atomic mass is 10.1. The first-order valence-electron chi connectivity index (χ1n) is 11.7. The van der Waals surface area contributed by atoms with Crippen LogP contribution in [0.2, 0.25) is 10.0 Å². The number of esters is 1. The molecule has 38 heavy (non-hydrogen) atoms. The van der Waals surface area contributed by atoms with E-state index in [-0.39, 0.29) is 37.3 Å². The number of carbonyl (C=O) groups is 3. The van der Waals surface area contributed by atoms with Crippen LogP contribution in [-0.2, 0) is 40.8 Å². The van der Waals surface area contributed by atoms with E-state index in [1.807, 2.05) is 0 Å². The fourth-order valence-corrected chi connectivity index (χ4v) is 6.28. The molecule has 3 aromatic rings. The van der Waals surface area contributed by atoms with E-state index in [1.165, 1.54) is 29.2 Å². The van der Waals surface area contributed by atoms with E-state index in [9.17, 15) is 14.4 Å². The van der Waals surface area contributed by atoms with Crippen LogP contribution in [0.3, 0.4) is 0 Å². The zero-order valence-electron chi connectivity index (χ0n) is 20.6. The van der Waals surface area contributed by atoms with Crippen LogP contribution < -0.4 is 15.4 Å². The minimum Gasteiger partial charge on any atom is -0.482 e. The Hall–Kier alpha value is -2.80. The molecule has 0 saturated heterocycles. The van der Waals surface area contributed by atoms with Crippen molar-refractivity contribution in [2.45, 2.75) is 37.9 Å². The lowest BCUT2D eigenvalue weighted by Crippen LogP contribution is -2.29. The highest BCUT2D eigenvalue weighted by Crippen LogP contribution is 2.39. The molecule has 2 amide bonds. The van der Waals surface area contributed by atoms with Gasteiger partial charge in [-0.3, -0.25) is 9.59 Å². The van der Waals surface area contributed by atoms with E-state index >= 15 is 0 Å². The van der Waals surface area contributed by atoms with Crippen LogP contribution in [0.4, 0.5) is 5.00 Å². The molecule has 0 atom stereocenters. The summed E-state index contributed by atoms with van der Waals surface area (Å²) in [7, 11) is 1.74. The molecule has 0 aliphatic heterocycles. The summed E-state index contributed by atoms with van der Waals surface area (Å²) in [5, 5.41) is 15.6. The van der Waals surface area contributed by atoms with E-state index in [2.05, 4.69) is 20.8 Å². The Morgan fingerprint density at radius 3 is 2.76 bits per heavy atom. The maximum Gasteiger partial charge on any atom is 0.341 e. The maximum absolute atomic E-state index is 12.7. The number of nitrogens with zero attached hydrogens (tertiary/aromatic N) is 3. The second-order valence-electron chi connectivity index (χ2n) is 8.22. The number of hydrogen-bond donors (Lipinski definition) is 2. The SMILES string of the molecule is CCOC(=O)c1c(NC(=O)CSc2nnc(CNC(=O)COc3ccc(Cl)cc3Cl)n2C)sc2c1CCC2. The van der Waals surface area contributed by atoms with E-state index in [0.717, 1.165) is 29.7 Å². The van der Waals surface area contributed by atoms with Crippen molar-refractivity contribution in [3.8, 4) is 5.75 Å². The van der Waals surface area contributed by atoms with Crippen molar-refractivity contribution in [2.75, 3.05) is 24.3 Å². The van der Waals surface area contributed by atoms with Crippen LogP contribution in [-0.4, -0.2) is 51.5 Å². The third-order valence-corrected chi connectivity index (χ3v) is 8.37. The van der Waals surface area contributed by atoms with Gasteiger partial charge in [0.1, 0.15) is 10.8 Å². The molecule has 2 aromatic heterocycles. The highest BCUT2D eigenvalue weighted by atomic mass is 35.5. The normalized spacial score (nSPS) is 12.2. The van der Waals surface area contributed by atoms with Gasteiger partial charge in [0.25, 0.3) is 5.91 Å². The van der Waals surface area contributed by atoms with Crippen molar-refractivity contribution in [1.82, 2.24) is 20.1 Å². The first-order valence-corrected chi connectivity index (χ1v) is 14.3. The van der Waals surface area contributed by atoms with Crippen LogP contribution in [0.5, 0.6) is 5.75 Å². The van der Waals surface area contributed by atoms with Crippen LogP contribution in [0.25, 0.3) is 0 Å². The average molecular weight is 599 g/mol. The molecule has 0 saturated carbocycles. The number of benzene rings is 1. The van der Waals surface area contributed by atoms with Crippen LogP contribution in [0.1, 0.15) is 40.0 Å². The summed E-state index contributed by atoms with van der Waals surface area (Å²) >= 11 is 14.5. The molecule has 1 aliphatic rings. The number of anilines is 1. The zero-order chi connectivity index (χ0) is 27.2. The van der Waals surface area contributed by atoms with Gasteiger partial charge in [0.05, 0.1) is 29.5 Å². The van der Waals surface area contributed by atoms with Crippen molar-refractivity contribution in [3.63, 3.8) is 0 Å². The molecule has 0 unspecified atom stereocenters. The molecule has 2 N–H and O–H groups in total. The van der Waals surface area contributed by atoms with E-state index in [4.69, 9.17) is 32.7 Å². The van der Waals surface area contributed by atoms with Gasteiger partial charge in [-0.05, 0) is 49.9 Å². The van der Waals surface area contributed by atoms with Crippen molar-refractivity contribution >= 4 is 69.1 Å². The van der Waals surface area contributed by atoms with Gasteiger partial charge >= 0.3 is 5.97 Å². The summed E-state index contributed by atoms with van der Waals surface area (Å²) < 4.78 is 12.3. The topological polar surface area (TPSA) is 124 Å². The average Bonchev–Trinajstić information content (AvgIpc) is 3.55. The van der Waals surface area contributed by atoms with Gasteiger partial charge in [-0.25, -0.2) is 4.79 Å². The molecule has 0 fully saturated rings. The maximum atomic E-state index is 12.7. The predicted molar refractivity (Wildman–Crippen MR) is 146 cm³/mol. The highest BCUT2D eigenvalue weighted by Gasteiger charge is 2.28. The molecule has 14 heteroatoms. The molecule has 0 spiro atoms. The summed E-state index contributed by atoms with van der Waals surface area (Å²) in [4.78, 5) is 38.5. The first kappa shape index (κ1) is 28.2. The summed E-state index contributed by atoms with van der Waals surface area (Å²) in [6.07, 6.45) is 2.70. The van der Waals surface area contributed by atoms with Gasteiger partial charge in [0.2, 0.25) is 5.91 Å². The molecule has 1 aliphatic carbocycles. The zero-order valence-corrected chi connectivity index (χ0v) is 23.8. The Morgan fingerprint density at radius 2 is 2.00 bits per heavy atom. The summed E-state index contributed by atoms with van der Waals surface area (Å²) in [5.74, 6) is -0.118. The molecule has 10 nitrogen and oxygen atoms in total. The van der Waals surface area contributed by atoms with Crippen molar-refractivity contribution in [1.29, 1.82) is 0 Å². The number of hydrogen-bond acceptors (Lipinski definition) is 9. The molecule has 4 rings (SSSR count). The Bertz CT molecular complexity index is 1360. The van der Waals surface area contributed by atoms with Crippen molar-refractivity contribution in [2.24, 2.45) is 7.05 Å². The van der Waals surface area contributed by atoms with Gasteiger partial charge in [0.15, 0.2) is 17.6 Å². The number of thioether (sulfide) groups is 1. The second-order valence-corrected chi connectivity index (χ2v) is 11.1. The molecule has 0 radical (unpaired) electrons. The first-order chi connectivity index (χ1) is 18.3. The lowest BCUT2D eigenvalue weighted by molar-refractivity contribution is -0.123. The molecule has 2 heterocycles. The largest absolute Gasteiger partial charge is 0.482 e. The summed E-state index contributed by atoms with van der Waals surface area (Å²) in [6.45, 7) is 1.91. The fourth-order valence-electron chi connectivity index (χ4n) is 3.79. The standard InChI is InChI=1S/C24H25Cl2N5O5S2/c1-3-35-23(34)21-14-5-4-6-17(14)38-22(21)28-20(33)12-37-24-30-29-18(31(24)2)10-27-19(32)11-36-16-8-7-13(25)9-15(16)26/h7-9H,3-6,10-12H2,1-2H3,(H,27,32)(H,28,33). The third-order valence-electron chi connectivity index (χ3n) is 5.61. The Morgan fingerprint density at radius 1 is 1.18 bits per heavy atom. The number of aromatic nitrogens is 3. The van der Waals surface area contributed by atoms with Gasteiger partial charge in [-0.2, -0.15) is 0 Å². The predicted octanol–water partition coefficient (Wildman–Crippen LogP) is 4.27. The van der Waals surface area contributed by atoms with Crippen LogP contribution in [0.15, 0.2) is 23.4 Å². The number of carbonyl (C=O) groups excluding carboxylic acids is 3. The Kier molecular flexibility index (Phi) is 9.53. The van der Waals surface area contributed by atoms with E-state index in [0.29, 0.717) is 37.3 Å². The molecule has 0 bridgehead atoms. The van der Waals surface area contributed by atoms with Gasteiger partial charge in [-0.1, -0.05) is 35.0 Å². The molecule has 1 aromatic carbocycles. The summed E-state index contributed by atoms with van der Waals surface area (Å²) in [5.41, 5.74) is 1.46. The smallest absolute Gasteiger partial charge is 0.341 e. The van der Waals surface area contributed by atoms with Gasteiger partial charge < -0.3 is 24.7 Å². The highest BCUT2D eigenvalue weighted by molar-refractivity contribution is 7.99. The van der Waals surface area contributed by atoms with Crippen LogP contribution >= 0.6 is 46.3 Å². The number of nitrogens with one attached hydrogen (secondary N) is 2. The molecule has 202 valence electrons. The molecular weight excluding hydrogens is 573 g/mol. The second kappa shape index (κ2) is 12.8. The lowest BCUT2D eigenvalue weighted by Gasteiger charge is -2.09. The molecular formula is C24H25Cl2N5O5S2. The Balaban J connectivity index is 1.27. The minimum absolute atomic E-state index is 0.0683. The quantitative estimate of drug-likeness (QED) is 0.248. The number of amides is 2. The number of aryl methyl sites for hydroxylation is 1. The number of thiophene rings is 1. The number of ether oxygens (including phenoxy) is 2. The van der Waals surface area contributed by atoms with Gasteiger partial charge in [0, 0.05) is 16.9 Å². The van der Waals surface area contributed by atoms with Crippen molar-refractivity contribution in [3.05, 3.63) is 50.1 Å².